The van der Waals surface area contributed by atoms with Crippen molar-refractivity contribution in [2.45, 2.75) is 25.3 Å². The first kappa shape index (κ1) is 15.5. The molecule has 2 aromatic rings. The smallest absolute Gasteiger partial charge is 0.320 e. The van der Waals surface area contributed by atoms with Gasteiger partial charge in [0.25, 0.3) is 6.43 Å². The minimum absolute atomic E-state index is 0.263. The quantitative estimate of drug-likeness (QED) is 0.859. The highest BCUT2D eigenvalue weighted by molar-refractivity contribution is 5.88. The standard InChI is InChI=1S/C16H18F2N4O/c17-14(18)10-22-7-6-15(21-22)20-16(23)19-9-12-8-13(12)11-4-2-1-3-5-11/h1-7,12-14H,8-10H2,(H2,19,20,21,23)/t12-,13-/m1/s1. The maximum atomic E-state index is 12.2. The molecule has 1 aliphatic rings. The molecule has 1 aromatic carbocycles. The van der Waals surface area contributed by atoms with Gasteiger partial charge in [0, 0.05) is 18.8 Å². The number of alkyl halides is 2. The van der Waals surface area contributed by atoms with Crippen molar-refractivity contribution in [1.29, 1.82) is 0 Å². The Morgan fingerprint density at radius 3 is 2.83 bits per heavy atom. The zero-order valence-electron chi connectivity index (χ0n) is 12.5. The fourth-order valence-corrected chi connectivity index (χ4v) is 2.64. The van der Waals surface area contributed by atoms with E-state index in [0.29, 0.717) is 18.4 Å². The second kappa shape index (κ2) is 6.76. The number of hydrogen-bond donors (Lipinski definition) is 2. The summed E-state index contributed by atoms with van der Waals surface area (Å²) >= 11 is 0. The van der Waals surface area contributed by atoms with Crippen LogP contribution in [0.2, 0.25) is 0 Å². The molecule has 2 N–H and O–H groups in total. The third-order valence-electron chi connectivity index (χ3n) is 3.88. The van der Waals surface area contributed by atoms with Crippen molar-refractivity contribution in [1.82, 2.24) is 15.1 Å². The first-order valence-corrected chi connectivity index (χ1v) is 7.53. The molecule has 1 fully saturated rings. The van der Waals surface area contributed by atoms with Crippen molar-refractivity contribution in [3.63, 3.8) is 0 Å². The highest BCUT2D eigenvalue weighted by Gasteiger charge is 2.38. The van der Waals surface area contributed by atoms with E-state index in [0.717, 1.165) is 11.1 Å². The second-order valence-electron chi connectivity index (χ2n) is 5.66. The molecule has 1 heterocycles. The average Bonchev–Trinajstić information content (AvgIpc) is 3.19. The average molecular weight is 320 g/mol. The number of halogens is 2. The summed E-state index contributed by atoms with van der Waals surface area (Å²) in [5.74, 6) is 1.21. The number of amides is 2. The number of benzene rings is 1. The lowest BCUT2D eigenvalue weighted by Crippen LogP contribution is -2.30. The molecule has 5 nitrogen and oxygen atoms in total. The Balaban J connectivity index is 1.41. The molecular formula is C16H18F2N4O. The number of carbonyl (C=O) groups excluding carboxylic acids is 1. The number of rotatable bonds is 6. The molecule has 122 valence electrons. The Bertz CT molecular complexity index is 659. The molecule has 0 bridgehead atoms. The number of carbonyl (C=O) groups is 1. The molecule has 3 rings (SSSR count). The van der Waals surface area contributed by atoms with E-state index in [-0.39, 0.29) is 11.8 Å². The molecule has 1 saturated carbocycles. The summed E-state index contributed by atoms with van der Waals surface area (Å²) in [5, 5.41) is 9.20. The molecule has 0 unspecified atom stereocenters. The molecular weight excluding hydrogens is 302 g/mol. The lowest BCUT2D eigenvalue weighted by molar-refractivity contribution is 0.122. The lowest BCUT2D eigenvalue weighted by atomic mass is 10.1. The molecule has 0 spiro atoms. The van der Waals surface area contributed by atoms with Crippen molar-refractivity contribution >= 4 is 11.8 Å². The van der Waals surface area contributed by atoms with E-state index >= 15 is 0 Å². The van der Waals surface area contributed by atoms with Crippen LogP contribution in [0.1, 0.15) is 17.9 Å². The van der Waals surface area contributed by atoms with Crippen LogP contribution < -0.4 is 10.6 Å². The van der Waals surface area contributed by atoms with Crippen molar-refractivity contribution in [3.8, 4) is 0 Å². The Morgan fingerprint density at radius 1 is 1.30 bits per heavy atom. The van der Waals surface area contributed by atoms with Gasteiger partial charge in [-0.05, 0) is 23.8 Å². The first-order valence-electron chi connectivity index (χ1n) is 7.53. The van der Waals surface area contributed by atoms with E-state index in [2.05, 4.69) is 27.9 Å². The third-order valence-corrected chi connectivity index (χ3v) is 3.88. The molecule has 0 saturated heterocycles. The Labute approximate surface area is 132 Å². The summed E-state index contributed by atoms with van der Waals surface area (Å²) in [5.41, 5.74) is 1.30. The largest absolute Gasteiger partial charge is 0.338 e. The van der Waals surface area contributed by atoms with Gasteiger partial charge < -0.3 is 5.32 Å². The molecule has 1 aliphatic carbocycles. The maximum Gasteiger partial charge on any atom is 0.320 e. The van der Waals surface area contributed by atoms with Crippen LogP contribution in [0.15, 0.2) is 42.6 Å². The Kier molecular flexibility index (Phi) is 4.55. The van der Waals surface area contributed by atoms with E-state index < -0.39 is 13.0 Å². The van der Waals surface area contributed by atoms with Gasteiger partial charge >= 0.3 is 6.03 Å². The Hall–Kier alpha value is -2.44. The Morgan fingerprint density at radius 2 is 2.09 bits per heavy atom. The monoisotopic (exact) mass is 320 g/mol. The van der Waals surface area contributed by atoms with Crippen molar-refractivity contribution in [3.05, 3.63) is 48.2 Å². The van der Waals surface area contributed by atoms with E-state index in [1.165, 1.54) is 17.8 Å². The minimum Gasteiger partial charge on any atom is -0.338 e. The van der Waals surface area contributed by atoms with Crippen LogP contribution in [0, 0.1) is 5.92 Å². The second-order valence-corrected chi connectivity index (χ2v) is 5.66. The normalized spacial score (nSPS) is 19.6. The maximum absolute atomic E-state index is 12.2. The van der Waals surface area contributed by atoms with Gasteiger partial charge in [-0.1, -0.05) is 30.3 Å². The lowest BCUT2D eigenvalue weighted by Gasteiger charge is -2.05. The van der Waals surface area contributed by atoms with E-state index in [4.69, 9.17) is 0 Å². The van der Waals surface area contributed by atoms with Gasteiger partial charge in [-0.3, -0.25) is 10.00 Å². The SMILES string of the molecule is O=C(NC[C@H]1C[C@@H]1c1ccccc1)Nc1ccn(CC(F)F)n1. The highest BCUT2D eigenvalue weighted by atomic mass is 19.3. The number of nitrogens with one attached hydrogen (secondary N) is 2. The highest BCUT2D eigenvalue weighted by Crippen LogP contribution is 2.46. The summed E-state index contributed by atoms with van der Waals surface area (Å²) < 4.78 is 25.6. The van der Waals surface area contributed by atoms with Crippen LogP contribution in [-0.2, 0) is 6.54 Å². The zero-order chi connectivity index (χ0) is 16.2. The molecule has 0 aliphatic heterocycles. The van der Waals surface area contributed by atoms with E-state index in [9.17, 15) is 13.6 Å². The van der Waals surface area contributed by atoms with Gasteiger partial charge in [0.05, 0.1) is 0 Å². The molecule has 23 heavy (non-hydrogen) atoms. The van der Waals surface area contributed by atoms with Crippen LogP contribution in [-0.4, -0.2) is 28.8 Å². The van der Waals surface area contributed by atoms with Crippen molar-refractivity contribution in [2.75, 3.05) is 11.9 Å². The van der Waals surface area contributed by atoms with Gasteiger partial charge in [-0.2, -0.15) is 5.10 Å². The van der Waals surface area contributed by atoms with Crippen LogP contribution in [0.25, 0.3) is 0 Å². The predicted molar refractivity (Wildman–Crippen MR) is 82.5 cm³/mol. The van der Waals surface area contributed by atoms with E-state index in [1.807, 2.05) is 18.2 Å². The fraction of sp³-hybridized carbons (Fsp3) is 0.375. The number of aromatic nitrogens is 2. The summed E-state index contributed by atoms with van der Waals surface area (Å²) in [6.45, 7) is 0.104. The number of nitrogens with zero attached hydrogens (tertiary/aromatic N) is 2. The van der Waals surface area contributed by atoms with Crippen LogP contribution in [0.5, 0.6) is 0 Å². The zero-order valence-corrected chi connectivity index (χ0v) is 12.5. The summed E-state index contributed by atoms with van der Waals surface area (Å²) in [6.07, 6.45) is 0.00266. The van der Waals surface area contributed by atoms with E-state index in [1.54, 1.807) is 0 Å². The molecule has 1 aromatic heterocycles. The van der Waals surface area contributed by atoms with Crippen molar-refractivity contribution in [2.24, 2.45) is 5.92 Å². The molecule has 7 heteroatoms. The van der Waals surface area contributed by atoms with Gasteiger partial charge in [-0.15, -0.1) is 0 Å². The van der Waals surface area contributed by atoms with Gasteiger partial charge in [0.1, 0.15) is 6.54 Å². The molecule has 2 atom stereocenters. The minimum atomic E-state index is -2.47. The number of hydrogen-bond acceptors (Lipinski definition) is 2. The number of anilines is 1. The fourth-order valence-electron chi connectivity index (χ4n) is 2.64. The van der Waals surface area contributed by atoms with Gasteiger partial charge in [-0.25, -0.2) is 13.6 Å². The summed E-state index contributed by atoms with van der Waals surface area (Å²) in [6, 6.07) is 11.3. The molecule has 2 amide bonds. The number of urea groups is 1. The van der Waals surface area contributed by atoms with Crippen molar-refractivity contribution < 1.29 is 13.6 Å². The summed E-state index contributed by atoms with van der Waals surface area (Å²) in [4.78, 5) is 11.8. The third kappa shape index (κ3) is 4.28. The topological polar surface area (TPSA) is 59.0 Å². The van der Waals surface area contributed by atoms with Crippen LogP contribution in [0.4, 0.5) is 19.4 Å². The van der Waals surface area contributed by atoms with Gasteiger partial charge in [0.15, 0.2) is 5.82 Å². The first-order chi connectivity index (χ1) is 11.1. The van der Waals surface area contributed by atoms with Crippen LogP contribution in [0.3, 0.4) is 0 Å². The molecule has 0 radical (unpaired) electrons. The van der Waals surface area contributed by atoms with Crippen LogP contribution >= 0.6 is 0 Å². The summed E-state index contributed by atoms with van der Waals surface area (Å²) in [7, 11) is 0. The van der Waals surface area contributed by atoms with Gasteiger partial charge in [0.2, 0.25) is 0 Å². The predicted octanol–water partition coefficient (Wildman–Crippen LogP) is 3.07.